The fourth-order valence-electron chi connectivity index (χ4n) is 3.48. The maximum Gasteiger partial charge on any atom is 0.266 e. The lowest BCUT2D eigenvalue weighted by atomic mass is 10.1. The molecule has 0 spiro atoms. The summed E-state index contributed by atoms with van der Waals surface area (Å²) in [5.74, 6) is 0.478. The lowest BCUT2D eigenvalue weighted by molar-refractivity contribution is -0.122. The number of thioether (sulfide) groups is 1. The summed E-state index contributed by atoms with van der Waals surface area (Å²) in [5.41, 5.74) is 2.61. The largest absolute Gasteiger partial charge is 0.493 e. The molecule has 36 heavy (non-hydrogen) atoms. The van der Waals surface area contributed by atoms with Gasteiger partial charge in [0.15, 0.2) is 16.7 Å². The summed E-state index contributed by atoms with van der Waals surface area (Å²) >= 11 is 4.82. The van der Waals surface area contributed by atoms with Crippen LogP contribution in [0.1, 0.15) is 23.6 Å². The Bertz CT molecular complexity index is 1400. The Hall–Kier alpha value is -3.61. The summed E-state index contributed by atoms with van der Waals surface area (Å²) in [6, 6.07) is 18.8. The minimum absolute atomic E-state index is 0.164. The number of ether oxygens (including phenoxy) is 2. The third-order valence-electron chi connectivity index (χ3n) is 5.35. The van der Waals surface area contributed by atoms with Crippen LogP contribution in [-0.4, -0.2) is 29.6 Å². The SMILES string of the molecule is CCN1C(=O)/C(=C\c2cc(OC)c(OCc3ccccc3C#N)cc2Br)SC1=Nc1ccc(F)cc1. The van der Waals surface area contributed by atoms with Crippen LogP contribution in [0.4, 0.5) is 10.1 Å². The lowest BCUT2D eigenvalue weighted by Crippen LogP contribution is -2.28. The van der Waals surface area contributed by atoms with Crippen molar-refractivity contribution in [3.8, 4) is 17.6 Å². The normalized spacial score (nSPS) is 15.4. The van der Waals surface area contributed by atoms with Crippen molar-refractivity contribution >= 4 is 50.5 Å². The van der Waals surface area contributed by atoms with E-state index in [2.05, 4.69) is 27.0 Å². The molecule has 0 bridgehead atoms. The molecule has 1 aliphatic heterocycles. The molecule has 0 N–H and O–H groups in total. The van der Waals surface area contributed by atoms with Crippen molar-refractivity contribution in [1.29, 1.82) is 5.26 Å². The van der Waals surface area contributed by atoms with Gasteiger partial charge in [0.05, 0.1) is 29.3 Å². The first kappa shape index (κ1) is 25.5. The molecule has 3 aromatic carbocycles. The highest BCUT2D eigenvalue weighted by Crippen LogP contribution is 2.39. The van der Waals surface area contributed by atoms with Crippen LogP contribution in [-0.2, 0) is 11.4 Å². The van der Waals surface area contributed by atoms with Gasteiger partial charge in [-0.2, -0.15) is 5.26 Å². The zero-order valence-corrected chi connectivity index (χ0v) is 21.9. The Labute approximate surface area is 221 Å². The molecule has 9 heteroatoms. The van der Waals surface area contributed by atoms with Crippen LogP contribution in [0.2, 0.25) is 0 Å². The highest BCUT2D eigenvalue weighted by molar-refractivity contribution is 9.10. The number of nitriles is 1. The van der Waals surface area contributed by atoms with Crippen LogP contribution in [0.5, 0.6) is 11.5 Å². The fraction of sp³-hybridized carbons (Fsp3) is 0.148. The van der Waals surface area contributed by atoms with Crippen LogP contribution < -0.4 is 9.47 Å². The van der Waals surface area contributed by atoms with Crippen molar-refractivity contribution in [3.63, 3.8) is 0 Å². The van der Waals surface area contributed by atoms with Gasteiger partial charge in [0.2, 0.25) is 0 Å². The Morgan fingerprint density at radius 3 is 2.61 bits per heavy atom. The van der Waals surface area contributed by atoms with E-state index >= 15 is 0 Å². The zero-order chi connectivity index (χ0) is 25.7. The number of methoxy groups -OCH3 is 1. The third kappa shape index (κ3) is 5.61. The number of hydrogen-bond donors (Lipinski definition) is 0. The number of likely N-dealkylation sites (N-methyl/N-ethyl adjacent to an activating group) is 1. The van der Waals surface area contributed by atoms with Crippen LogP contribution in [0.3, 0.4) is 0 Å². The van der Waals surface area contributed by atoms with Crippen LogP contribution in [0, 0.1) is 17.1 Å². The van der Waals surface area contributed by atoms with Crippen molar-refractivity contribution in [3.05, 3.63) is 92.5 Å². The molecule has 1 amide bonds. The molecule has 1 saturated heterocycles. The second-order valence-corrected chi connectivity index (χ2v) is 9.48. The zero-order valence-electron chi connectivity index (χ0n) is 19.5. The summed E-state index contributed by atoms with van der Waals surface area (Å²) in [6.45, 7) is 2.53. The van der Waals surface area contributed by atoms with E-state index in [9.17, 15) is 14.4 Å². The van der Waals surface area contributed by atoms with Gasteiger partial charge in [0, 0.05) is 16.6 Å². The number of nitrogens with zero attached hydrogens (tertiary/aromatic N) is 3. The molecule has 6 nitrogen and oxygen atoms in total. The maximum absolute atomic E-state index is 13.2. The molecule has 0 radical (unpaired) electrons. The van der Waals surface area contributed by atoms with E-state index in [-0.39, 0.29) is 18.3 Å². The number of hydrogen-bond acceptors (Lipinski definition) is 6. The maximum atomic E-state index is 13.2. The molecule has 0 atom stereocenters. The number of carbonyl (C=O) groups is 1. The van der Waals surface area contributed by atoms with Crippen LogP contribution in [0.25, 0.3) is 6.08 Å². The van der Waals surface area contributed by atoms with Crippen LogP contribution in [0.15, 0.2) is 75.0 Å². The minimum Gasteiger partial charge on any atom is -0.493 e. The first-order valence-electron chi connectivity index (χ1n) is 11.0. The molecule has 1 aliphatic rings. The van der Waals surface area contributed by atoms with Gasteiger partial charge in [-0.05, 0) is 72.8 Å². The predicted molar refractivity (Wildman–Crippen MR) is 143 cm³/mol. The number of benzene rings is 3. The van der Waals surface area contributed by atoms with Crippen molar-refractivity contribution in [1.82, 2.24) is 4.90 Å². The quantitative estimate of drug-likeness (QED) is 0.299. The summed E-state index contributed by atoms with van der Waals surface area (Å²) in [5, 5.41) is 9.83. The number of rotatable bonds is 7. The second kappa shape index (κ2) is 11.4. The van der Waals surface area contributed by atoms with Crippen LogP contribution >= 0.6 is 27.7 Å². The summed E-state index contributed by atoms with van der Waals surface area (Å²) < 4.78 is 25.4. The number of halogens is 2. The van der Waals surface area contributed by atoms with E-state index < -0.39 is 0 Å². The van der Waals surface area contributed by atoms with Gasteiger partial charge in [-0.15, -0.1) is 0 Å². The van der Waals surface area contributed by atoms with Gasteiger partial charge >= 0.3 is 0 Å². The van der Waals surface area contributed by atoms with Crippen molar-refractivity contribution in [2.45, 2.75) is 13.5 Å². The van der Waals surface area contributed by atoms with E-state index in [0.717, 1.165) is 11.1 Å². The van der Waals surface area contributed by atoms with Crippen molar-refractivity contribution in [2.75, 3.05) is 13.7 Å². The van der Waals surface area contributed by atoms with Gasteiger partial charge in [0.25, 0.3) is 5.91 Å². The monoisotopic (exact) mass is 565 g/mol. The molecular formula is C27H21BrFN3O3S. The Kier molecular flexibility index (Phi) is 8.08. The number of aliphatic imine (C=N–C) groups is 1. The molecule has 0 saturated carbocycles. The highest BCUT2D eigenvalue weighted by Gasteiger charge is 2.32. The Morgan fingerprint density at radius 2 is 1.92 bits per heavy atom. The molecule has 3 aromatic rings. The number of carbonyl (C=O) groups excluding carboxylic acids is 1. The fourth-order valence-corrected chi connectivity index (χ4v) is 4.97. The average molecular weight is 566 g/mol. The van der Waals surface area contributed by atoms with Gasteiger partial charge < -0.3 is 9.47 Å². The van der Waals surface area contributed by atoms with Gasteiger partial charge in [-0.1, -0.05) is 34.1 Å². The smallest absolute Gasteiger partial charge is 0.266 e. The molecule has 1 fully saturated rings. The van der Waals surface area contributed by atoms with E-state index in [0.29, 0.717) is 43.8 Å². The summed E-state index contributed by atoms with van der Waals surface area (Å²) in [6.07, 6.45) is 1.77. The average Bonchev–Trinajstić information content (AvgIpc) is 3.18. The third-order valence-corrected chi connectivity index (χ3v) is 7.04. The number of amidine groups is 1. The Morgan fingerprint density at radius 1 is 1.17 bits per heavy atom. The molecule has 1 heterocycles. The highest BCUT2D eigenvalue weighted by atomic mass is 79.9. The first-order valence-corrected chi connectivity index (χ1v) is 12.6. The predicted octanol–water partition coefficient (Wildman–Crippen LogP) is 6.67. The molecule has 0 aromatic heterocycles. The van der Waals surface area contributed by atoms with Gasteiger partial charge in [0.1, 0.15) is 12.4 Å². The molecular weight excluding hydrogens is 545 g/mol. The first-order chi connectivity index (χ1) is 17.4. The topological polar surface area (TPSA) is 74.9 Å². The molecule has 182 valence electrons. The van der Waals surface area contributed by atoms with E-state index in [4.69, 9.17) is 9.47 Å². The van der Waals surface area contributed by atoms with Crippen molar-refractivity contribution in [2.24, 2.45) is 4.99 Å². The molecule has 0 aliphatic carbocycles. The van der Waals surface area contributed by atoms with E-state index in [1.165, 1.54) is 31.0 Å². The number of amides is 1. The molecule has 4 rings (SSSR count). The van der Waals surface area contributed by atoms with E-state index in [1.807, 2.05) is 19.1 Å². The lowest BCUT2D eigenvalue weighted by Gasteiger charge is -2.14. The standard InChI is InChI=1S/C27H21BrFN3O3S/c1-3-32-26(33)25(36-27(32)31-21-10-8-20(29)9-11-21)13-19-12-23(34-2)24(14-22(19)28)35-16-18-7-5-4-6-17(18)15-30/h4-14H,3,16H2,1-2H3/b25-13+,31-27?. The Balaban J connectivity index is 1.60. The van der Waals surface area contributed by atoms with Gasteiger partial charge in [-0.3, -0.25) is 9.69 Å². The van der Waals surface area contributed by atoms with Gasteiger partial charge in [-0.25, -0.2) is 9.38 Å². The summed E-state index contributed by atoms with van der Waals surface area (Å²) in [4.78, 5) is 19.7. The van der Waals surface area contributed by atoms with E-state index in [1.54, 1.807) is 47.4 Å². The minimum atomic E-state index is -0.345. The second-order valence-electron chi connectivity index (χ2n) is 7.61. The molecule has 0 unspecified atom stereocenters. The summed E-state index contributed by atoms with van der Waals surface area (Å²) in [7, 11) is 1.54. The van der Waals surface area contributed by atoms with Crippen molar-refractivity contribution < 1.29 is 18.7 Å².